The molecule has 2 fully saturated rings. The highest BCUT2D eigenvalue weighted by Crippen LogP contribution is 2.52. The second-order valence-corrected chi connectivity index (χ2v) is 10.3. The van der Waals surface area contributed by atoms with Crippen LogP contribution in [0.1, 0.15) is 61.8 Å². The summed E-state index contributed by atoms with van der Waals surface area (Å²) >= 11 is 6.25. The minimum absolute atomic E-state index is 0.0339. The number of likely N-dealkylation sites (tertiary alicyclic amines) is 1. The lowest BCUT2D eigenvalue weighted by Crippen LogP contribution is -2.38. The van der Waals surface area contributed by atoms with E-state index in [1.807, 2.05) is 37.3 Å². The molecular formula is C24H29ClN2O2. The quantitative estimate of drug-likeness (QED) is 0.650. The predicted octanol–water partition coefficient (Wildman–Crippen LogP) is 5.66. The fraction of sp³-hybridized carbons (Fsp3) is 0.500. The lowest BCUT2D eigenvalue weighted by atomic mass is 9.65. The molecule has 1 amide bonds. The molecule has 2 heterocycles. The number of benzene rings is 1. The first-order valence-electron chi connectivity index (χ1n) is 10.3. The van der Waals surface area contributed by atoms with E-state index in [9.17, 15) is 4.79 Å². The van der Waals surface area contributed by atoms with E-state index in [0.29, 0.717) is 22.5 Å². The topological polar surface area (TPSA) is 42.4 Å². The molecule has 1 aromatic heterocycles. The van der Waals surface area contributed by atoms with Crippen molar-refractivity contribution in [2.24, 2.45) is 10.8 Å². The second-order valence-electron chi connectivity index (χ2n) is 9.88. The zero-order valence-electron chi connectivity index (χ0n) is 17.7. The van der Waals surface area contributed by atoms with Crippen molar-refractivity contribution < 1.29 is 9.53 Å². The summed E-state index contributed by atoms with van der Waals surface area (Å²) in [6.07, 6.45) is 3.32. The average Bonchev–Trinajstić information content (AvgIpc) is 2.89. The van der Waals surface area contributed by atoms with Gasteiger partial charge in [0.1, 0.15) is 18.1 Å². The van der Waals surface area contributed by atoms with Crippen molar-refractivity contribution in [3.05, 3.63) is 58.4 Å². The normalized spacial score (nSPS) is 25.1. The molecule has 2 aliphatic rings. The number of carbonyl (C=O) groups is 1. The van der Waals surface area contributed by atoms with Gasteiger partial charge in [0.15, 0.2) is 0 Å². The number of aryl methyl sites for hydroxylation is 1. The molecule has 29 heavy (non-hydrogen) atoms. The van der Waals surface area contributed by atoms with Crippen LogP contribution in [0.4, 0.5) is 0 Å². The molecule has 4 nitrogen and oxygen atoms in total. The number of rotatable bonds is 4. The summed E-state index contributed by atoms with van der Waals surface area (Å²) in [5.41, 5.74) is 2.80. The van der Waals surface area contributed by atoms with E-state index in [0.717, 1.165) is 30.6 Å². The number of aromatic nitrogens is 1. The Morgan fingerprint density at radius 3 is 2.79 bits per heavy atom. The molecule has 0 spiro atoms. The first-order valence-corrected chi connectivity index (χ1v) is 10.7. The molecule has 0 unspecified atom stereocenters. The molecule has 4 rings (SSSR count). The van der Waals surface area contributed by atoms with E-state index in [4.69, 9.17) is 16.3 Å². The number of nitrogens with zero attached hydrogens (tertiary/aromatic N) is 2. The first-order chi connectivity index (χ1) is 13.6. The number of ether oxygens (including phenoxy) is 1. The smallest absolute Gasteiger partial charge is 0.272 e. The third-order valence-corrected chi connectivity index (χ3v) is 6.46. The molecule has 1 saturated carbocycles. The van der Waals surface area contributed by atoms with Crippen molar-refractivity contribution in [1.82, 2.24) is 9.88 Å². The van der Waals surface area contributed by atoms with Crippen molar-refractivity contribution in [3.63, 3.8) is 0 Å². The Morgan fingerprint density at radius 2 is 2.03 bits per heavy atom. The fourth-order valence-electron chi connectivity index (χ4n) is 5.40. The van der Waals surface area contributed by atoms with Gasteiger partial charge < -0.3 is 9.64 Å². The summed E-state index contributed by atoms with van der Waals surface area (Å²) in [4.78, 5) is 19.9. The lowest BCUT2D eigenvalue weighted by Gasteiger charge is -2.39. The Hall–Kier alpha value is -2.07. The van der Waals surface area contributed by atoms with E-state index < -0.39 is 0 Å². The third kappa shape index (κ3) is 4.28. The summed E-state index contributed by atoms with van der Waals surface area (Å²) in [6.45, 7) is 10.0. The van der Waals surface area contributed by atoms with Crippen LogP contribution in [0.2, 0.25) is 5.02 Å². The van der Waals surface area contributed by atoms with Crippen LogP contribution < -0.4 is 4.74 Å². The molecule has 1 aliphatic heterocycles. The van der Waals surface area contributed by atoms with Crippen molar-refractivity contribution >= 4 is 17.5 Å². The average molecular weight is 413 g/mol. The highest BCUT2D eigenvalue weighted by molar-refractivity contribution is 6.32. The number of fused-ring (bicyclic) bond motifs is 2. The molecule has 154 valence electrons. The Morgan fingerprint density at radius 1 is 1.24 bits per heavy atom. The molecule has 0 radical (unpaired) electrons. The van der Waals surface area contributed by atoms with Gasteiger partial charge in [-0.3, -0.25) is 4.79 Å². The largest absolute Gasteiger partial charge is 0.486 e. The Labute approximate surface area is 178 Å². The van der Waals surface area contributed by atoms with E-state index in [2.05, 4.69) is 30.7 Å². The van der Waals surface area contributed by atoms with E-state index >= 15 is 0 Å². The summed E-state index contributed by atoms with van der Waals surface area (Å²) < 4.78 is 5.83. The highest BCUT2D eigenvalue weighted by Gasteiger charge is 2.51. The lowest BCUT2D eigenvalue weighted by molar-refractivity contribution is 0.0702. The second kappa shape index (κ2) is 7.32. The van der Waals surface area contributed by atoms with Gasteiger partial charge in [-0.2, -0.15) is 0 Å². The zero-order chi connectivity index (χ0) is 20.8. The fourth-order valence-corrected chi connectivity index (χ4v) is 5.69. The summed E-state index contributed by atoms with van der Waals surface area (Å²) in [7, 11) is 0. The molecule has 1 aromatic carbocycles. The van der Waals surface area contributed by atoms with Crippen molar-refractivity contribution in [1.29, 1.82) is 0 Å². The van der Waals surface area contributed by atoms with Crippen LogP contribution >= 0.6 is 11.6 Å². The van der Waals surface area contributed by atoms with Crippen LogP contribution in [-0.2, 0) is 6.61 Å². The number of hydrogen-bond acceptors (Lipinski definition) is 3. The molecule has 1 aliphatic carbocycles. The summed E-state index contributed by atoms with van der Waals surface area (Å²) in [6, 6.07) is 11.6. The summed E-state index contributed by atoms with van der Waals surface area (Å²) in [5, 5.41) is 0.581. The summed E-state index contributed by atoms with van der Waals surface area (Å²) in [5.74, 6) is 0.658. The van der Waals surface area contributed by atoms with Gasteiger partial charge in [0.2, 0.25) is 0 Å². The van der Waals surface area contributed by atoms with Gasteiger partial charge in [-0.05, 0) is 66.8 Å². The van der Waals surface area contributed by atoms with Gasteiger partial charge in [0, 0.05) is 12.6 Å². The minimum atomic E-state index is 0.0339. The molecule has 5 heteroatoms. The predicted molar refractivity (Wildman–Crippen MR) is 115 cm³/mol. The van der Waals surface area contributed by atoms with Gasteiger partial charge in [0.25, 0.3) is 5.91 Å². The van der Waals surface area contributed by atoms with Crippen molar-refractivity contribution in [3.8, 4) is 5.75 Å². The molecule has 1 saturated heterocycles. The molecule has 2 bridgehead atoms. The Bertz CT molecular complexity index is 942. The first kappa shape index (κ1) is 20.2. The highest BCUT2D eigenvalue weighted by atomic mass is 35.5. The maximum Gasteiger partial charge on any atom is 0.272 e. The van der Waals surface area contributed by atoms with Crippen LogP contribution in [0.5, 0.6) is 5.75 Å². The number of halogens is 1. The third-order valence-electron chi connectivity index (χ3n) is 6.16. The van der Waals surface area contributed by atoms with Crippen molar-refractivity contribution in [2.45, 2.75) is 59.6 Å². The number of hydrogen-bond donors (Lipinski definition) is 0. The van der Waals surface area contributed by atoms with Crippen LogP contribution in [0.25, 0.3) is 0 Å². The minimum Gasteiger partial charge on any atom is -0.486 e. The van der Waals surface area contributed by atoms with Gasteiger partial charge in [-0.1, -0.05) is 44.5 Å². The maximum absolute atomic E-state index is 13.3. The standard InChI is InChI=1S/C24H29ClN2O2/c1-16-8-9-21(19(25)10-16)29-13-17-6-5-7-20(26-17)22(28)27-15-24(4)12-18(27)11-23(2,3)14-24/h5-10,18H,11-15H2,1-4H3/t18-,24-/m1/s1. The number of pyridine rings is 1. The van der Waals surface area contributed by atoms with Crippen LogP contribution in [0, 0.1) is 17.8 Å². The van der Waals surface area contributed by atoms with E-state index in [1.54, 1.807) is 6.07 Å². The van der Waals surface area contributed by atoms with Gasteiger partial charge in [0.05, 0.1) is 10.7 Å². The molecular weight excluding hydrogens is 384 g/mol. The van der Waals surface area contributed by atoms with Gasteiger partial charge in [-0.25, -0.2) is 4.98 Å². The molecule has 0 N–H and O–H groups in total. The van der Waals surface area contributed by atoms with Gasteiger partial charge in [-0.15, -0.1) is 0 Å². The maximum atomic E-state index is 13.3. The molecule has 2 atom stereocenters. The van der Waals surface area contributed by atoms with Crippen LogP contribution in [-0.4, -0.2) is 28.4 Å². The molecule has 2 aromatic rings. The SMILES string of the molecule is Cc1ccc(OCc2cccc(C(=O)N3C[C@]4(C)C[C@H]3CC(C)(C)C4)n2)c(Cl)c1. The Kier molecular flexibility index (Phi) is 5.10. The van der Waals surface area contributed by atoms with Crippen molar-refractivity contribution in [2.75, 3.05) is 6.54 Å². The monoisotopic (exact) mass is 412 g/mol. The number of carbonyl (C=O) groups excluding carboxylic acids is 1. The van der Waals surface area contributed by atoms with E-state index in [-0.39, 0.29) is 23.3 Å². The van der Waals surface area contributed by atoms with Gasteiger partial charge >= 0.3 is 0 Å². The van der Waals surface area contributed by atoms with Crippen LogP contribution in [0.3, 0.4) is 0 Å². The number of amides is 1. The van der Waals surface area contributed by atoms with Crippen LogP contribution in [0.15, 0.2) is 36.4 Å². The zero-order valence-corrected chi connectivity index (χ0v) is 18.4. The Balaban J connectivity index is 1.48. The van der Waals surface area contributed by atoms with E-state index in [1.165, 1.54) is 6.42 Å².